The Bertz CT molecular complexity index is 481. The van der Waals surface area contributed by atoms with Gasteiger partial charge in [0, 0.05) is 37.6 Å². The highest BCUT2D eigenvalue weighted by molar-refractivity contribution is 7.16. The highest BCUT2D eigenvalue weighted by Gasteiger charge is 2.23. The Kier molecular flexibility index (Phi) is 5.16. The van der Waals surface area contributed by atoms with Crippen LogP contribution in [0.15, 0.2) is 12.1 Å². The number of hydrogen-bond donors (Lipinski definition) is 1. The van der Waals surface area contributed by atoms with Crippen LogP contribution >= 0.6 is 22.9 Å². The lowest BCUT2D eigenvalue weighted by molar-refractivity contribution is -0.132. The van der Waals surface area contributed by atoms with Crippen LogP contribution in [0.3, 0.4) is 0 Å². The van der Waals surface area contributed by atoms with E-state index in [-0.39, 0.29) is 5.91 Å². The van der Waals surface area contributed by atoms with E-state index < -0.39 is 0 Å². The van der Waals surface area contributed by atoms with Gasteiger partial charge in [-0.05, 0) is 37.4 Å². The van der Waals surface area contributed by atoms with Crippen molar-refractivity contribution in [1.82, 2.24) is 15.1 Å². The topological polar surface area (TPSA) is 35.6 Å². The minimum Gasteiger partial charge on any atom is -0.339 e. The fourth-order valence-corrected chi connectivity index (χ4v) is 3.76. The average Bonchev–Trinajstić information content (AvgIpc) is 3.21. The number of nitrogens with zero attached hydrogens (tertiary/aromatic N) is 2. The highest BCUT2D eigenvalue weighted by Crippen LogP contribution is 2.27. The van der Waals surface area contributed by atoms with E-state index >= 15 is 0 Å². The molecule has 1 saturated heterocycles. The molecule has 21 heavy (non-hydrogen) atoms. The first-order chi connectivity index (χ1) is 10.2. The lowest BCUT2D eigenvalue weighted by Gasteiger charge is -2.34. The molecule has 1 aliphatic heterocycles. The van der Waals surface area contributed by atoms with Crippen molar-refractivity contribution in [3.63, 3.8) is 0 Å². The predicted octanol–water partition coefficient (Wildman–Crippen LogP) is 2.05. The maximum Gasteiger partial charge on any atom is 0.236 e. The molecule has 2 heterocycles. The molecule has 1 saturated carbocycles. The van der Waals surface area contributed by atoms with Gasteiger partial charge in [-0.15, -0.1) is 11.3 Å². The summed E-state index contributed by atoms with van der Waals surface area (Å²) in [6.07, 6.45) is 2.65. The van der Waals surface area contributed by atoms with Gasteiger partial charge >= 0.3 is 0 Å². The van der Waals surface area contributed by atoms with E-state index in [1.807, 2.05) is 11.0 Å². The molecule has 4 nitrogen and oxygen atoms in total. The standard InChI is InChI=1S/C15H22ClN3OS/c16-14-4-3-13(21-14)11-18-5-7-19(8-6-18)15(20)10-17-9-12-1-2-12/h3-4,12,17H,1-2,5-11H2. The van der Waals surface area contributed by atoms with E-state index in [0.717, 1.165) is 49.5 Å². The second kappa shape index (κ2) is 7.09. The predicted molar refractivity (Wildman–Crippen MR) is 86.8 cm³/mol. The van der Waals surface area contributed by atoms with Crippen molar-refractivity contribution >= 4 is 28.8 Å². The van der Waals surface area contributed by atoms with Gasteiger partial charge in [0.05, 0.1) is 10.9 Å². The Labute approximate surface area is 135 Å². The van der Waals surface area contributed by atoms with Crippen molar-refractivity contribution in [3.8, 4) is 0 Å². The quantitative estimate of drug-likeness (QED) is 0.868. The van der Waals surface area contributed by atoms with Crippen LogP contribution in [-0.4, -0.2) is 55.0 Å². The molecule has 1 amide bonds. The summed E-state index contributed by atoms with van der Waals surface area (Å²) in [6.45, 7) is 6.01. The first kappa shape index (κ1) is 15.3. The second-order valence-corrected chi connectivity index (χ2v) is 7.74. The summed E-state index contributed by atoms with van der Waals surface area (Å²) in [7, 11) is 0. The van der Waals surface area contributed by atoms with Gasteiger partial charge in [-0.1, -0.05) is 11.6 Å². The van der Waals surface area contributed by atoms with Crippen LogP contribution in [0.25, 0.3) is 0 Å². The molecule has 116 valence electrons. The van der Waals surface area contributed by atoms with E-state index in [1.54, 1.807) is 11.3 Å². The summed E-state index contributed by atoms with van der Waals surface area (Å²) < 4.78 is 0.848. The zero-order valence-electron chi connectivity index (χ0n) is 12.2. The number of amides is 1. The van der Waals surface area contributed by atoms with Gasteiger partial charge in [0.15, 0.2) is 0 Å². The van der Waals surface area contributed by atoms with E-state index in [4.69, 9.17) is 11.6 Å². The molecule has 2 fully saturated rings. The van der Waals surface area contributed by atoms with Crippen LogP contribution < -0.4 is 5.32 Å². The molecule has 0 unspecified atom stereocenters. The van der Waals surface area contributed by atoms with E-state index in [9.17, 15) is 4.79 Å². The maximum atomic E-state index is 12.1. The number of hydrogen-bond acceptors (Lipinski definition) is 4. The van der Waals surface area contributed by atoms with Gasteiger partial charge in [0.1, 0.15) is 0 Å². The molecule has 0 radical (unpaired) electrons. The summed E-state index contributed by atoms with van der Waals surface area (Å²) in [6, 6.07) is 4.04. The number of carbonyl (C=O) groups is 1. The third-order valence-corrected chi connectivity index (χ3v) is 5.36. The third kappa shape index (κ3) is 4.68. The normalized spacial score (nSPS) is 20.0. The van der Waals surface area contributed by atoms with E-state index in [0.29, 0.717) is 6.54 Å². The van der Waals surface area contributed by atoms with Crippen molar-refractivity contribution < 1.29 is 4.79 Å². The molecule has 1 aliphatic carbocycles. The summed E-state index contributed by atoms with van der Waals surface area (Å²) in [5, 5.41) is 3.28. The number of carbonyl (C=O) groups excluding carboxylic acids is 1. The largest absolute Gasteiger partial charge is 0.339 e. The summed E-state index contributed by atoms with van der Waals surface area (Å²) in [5.74, 6) is 1.07. The summed E-state index contributed by atoms with van der Waals surface area (Å²) in [5.41, 5.74) is 0. The molecular formula is C15H22ClN3OS. The van der Waals surface area contributed by atoms with Crippen molar-refractivity contribution in [2.24, 2.45) is 5.92 Å². The van der Waals surface area contributed by atoms with Crippen LogP contribution in [0.5, 0.6) is 0 Å². The van der Waals surface area contributed by atoms with Crippen molar-refractivity contribution in [2.45, 2.75) is 19.4 Å². The molecule has 0 spiro atoms. The SMILES string of the molecule is O=C(CNCC1CC1)N1CCN(Cc2ccc(Cl)s2)CC1. The molecule has 1 N–H and O–H groups in total. The Balaban J connectivity index is 1.36. The fraction of sp³-hybridized carbons (Fsp3) is 0.667. The van der Waals surface area contributed by atoms with Gasteiger partial charge < -0.3 is 10.2 Å². The number of thiophene rings is 1. The molecule has 0 bridgehead atoms. The van der Waals surface area contributed by atoms with Crippen LogP contribution in [-0.2, 0) is 11.3 Å². The van der Waals surface area contributed by atoms with Gasteiger partial charge in [-0.25, -0.2) is 0 Å². The highest BCUT2D eigenvalue weighted by atomic mass is 35.5. The first-order valence-electron chi connectivity index (χ1n) is 7.66. The Morgan fingerprint density at radius 1 is 1.29 bits per heavy atom. The molecular weight excluding hydrogens is 306 g/mol. The zero-order chi connectivity index (χ0) is 14.7. The lowest BCUT2D eigenvalue weighted by Crippen LogP contribution is -2.50. The number of piperazine rings is 1. The number of halogens is 1. The van der Waals surface area contributed by atoms with Gasteiger partial charge in [-0.2, -0.15) is 0 Å². The van der Waals surface area contributed by atoms with Crippen LogP contribution in [0.1, 0.15) is 17.7 Å². The van der Waals surface area contributed by atoms with Crippen molar-refractivity contribution in [3.05, 3.63) is 21.3 Å². The van der Waals surface area contributed by atoms with E-state index in [1.165, 1.54) is 17.7 Å². The molecule has 2 aliphatic rings. The average molecular weight is 328 g/mol. The van der Waals surface area contributed by atoms with Gasteiger partial charge in [0.2, 0.25) is 5.91 Å². The Morgan fingerprint density at radius 3 is 2.67 bits per heavy atom. The van der Waals surface area contributed by atoms with E-state index in [2.05, 4.69) is 16.3 Å². The number of rotatable bonds is 6. The third-order valence-electron chi connectivity index (χ3n) is 4.14. The van der Waals surface area contributed by atoms with Gasteiger partial charge in [-0.3, -0.25) is 9.69 Å². The smallest absolute Gasteiger partial charge is 0.236 e. The zero-order valence-corrected chi connectivity index (χ0v) is 13.8. The molecule has 3 rings (SSSR count). The minimum atomic E-state index is 0.245. The van der Waals surface area contributed by atoms with Crippen LogP contribution in [0, 0.1) is 5.92 Å². The first-order valence-corrected chi connectivity index (χ1v) is 8.85. The molecule has 0 aromatic carbocycles. The monoisotopic (exact) mass is 327 g/mol. The van der Waals surface area contributed by atoms with Crippen molar-refractivity contribution in [1.29, 1.82) is 0 Å². The Morgan fingerprint density at radius 2 is 2.05 bits per heavy atom. The molecule has 1 aromatic heterocycles. The maximum absolute atomic E-state index is 12.1. The fourth-order valence-electron chi connectivity index (χ4n) is 2.63. The van der Waals surface area contributed by atoms with Crippen LogP contribution in [0.2, 0.25) is 4.34 Å². The van der Waals surface area contributed by atoms with Crippen molar-refractivity contribution in [2.75, 3.05) is 39.3 Å². The minimum absolute atomic E-state index is 0.245. The molecule has 6 heteroatoms. The molecule has 0 atom stereocenters. The van der Waals surface area contributed by atoms with Crippen LogP contribution in [0.4, 0.5) is 0 Å². The second-order valence-electron chi connectivity index (χ2n) is 5.94. The number of nitrogens with one attached hydrogen (secondary N) is 1. The van der Waals surface area contributed by atoms with Gasteiger partial charge in [0.25, 0.3) is 0 Å². The summed E-state index contributed by atoms with van der Waals surface area (Å²) >= 11 is 7.60. The summed E-state index contributed by atoms with van der Waals surface area (Å²) in [4.78, 5) is 17.8. The Hall–Kier alpha value is -0.620. The molecule has 1 aromatic rings. The lowest BCUT2D eigenvalue weighted by atomic mass is 10.3.